The second-order valence-electron chi connectivity index (χ2n) is 8.67. The average molecular weight is 417 g/mol. The molecular formula is C23H26F3N3O. The molecule has 0 spiro atoms. The maximum atomic E-state index is 14.0. The van der Waals surface area contributed by atoms with Gasteiger partial charge in [0.05, 0.1) is 11.3 Å². The molecule has 4 rings (SSSR count). The van der Waals surface area contributed by atoms with Crippen LogP contribution in [-0.2, 0) is 6.42 Å². The van der Waals surface area contributed by atoms with Gasteiger partial charge < -0.3 is 4.90 Å². The number of hydrogen-bond acceptors (Lipinski definition) is 3. The molecule has 7 heteroatoms. The molecule has 0 radical (unpaired) electrons. The van der Waals surface area contributed by atoms with Crippen molar-refractivity contribution in [3.8, 4) is 0 Å². The first-order chi connectivity index (χ1) is 14.3. The lowest BCUT2D eigenvalue weighted by molar-refractivity contribution is 0.0660. The Balaban J connectivity index is 1.35. The van der Waals surface area contributed by atoms with Crippen LogP contribution in [-0.4, -0.2) is 33.9 Å². The van der Waals surface area contributed by atoms with E-state index in [1.807, 2.05) is 18.7 Å². The molecule has 2 aliphatic rings. The van der Waals surface area contributed by atoms with Crippen molar-refractivity contribution in [3.63, 3.8) is 0 Å². The van der Waals surface area contributed by atoms with Crippen molar-refractivity contribution in [2.24, 2.45) is 11.8 Å². The lowest BCUT2D eigenvalue weighted by Gasteiger charge is -2.35. The topological polar surface area (TPSA) is 46.1 Å². The van der Waals surface area contributed by atoms with Gasteiger partial charge in [0.25, 0.3) is 5.91 Å². The minimum absolute atomic E-state index is 0.0485. The number of hydrogen-bond donors (Lipinski definition) is 0. The van der Waals surface area contributed by atoms with E-state index in [4.69, 9.17) is 0 Å². The number of aromatic nitrogens is 2. The molecule has 4 nitrogen and oxygen atoms in total. The molecule has 1 aromatic carbocycles. The van der Waals surface area contributed by atoms with Gasteiger partial charge in [-0.25, -0.2) is 23.1 Å². The summed E-state index contributed by atoms with van der Waals surface area (Å²) in [5.74, 6) is -1.28. The normalized spacial score (nSPS) is 18.5. The van der Waals surface area contributed by atoms with Gasteiger partial charge in [-0.3, -0.25) is 4.79 Å². The fourth-order valence-corrected chi connectivity index (χ4v) is 4.31. The van der Waals surface area contributed by atoms with Crippen molar-refractivity contribution in [2.45, 2.75) is 51.9 Å². The number of halogens is 3. The molecule has 1 saturated heterocycles. The van der Waals surface area contributed by atoms with Gasteiger partial charge in [0.2, 0.25) is 0 Å². The summed E-state index contributed by atoms with van der Waals surface area (Å²) in [6.45, 7) is 5.07. The lowest BCUT2D eigenvalue weighted by atomic mass is 9.81. The first-order valence-corrected chi connectivity index (χ1v) is 10.6. The molecule has 1 atom stereocenters. The van der Waals surface area contributed by atoms with Crippen molar-refractivity contribution in [3.05, 3.63) is 58.4 Å². The zero-order valence-electron chi connectivity index (χ0n) is 17.3. The van der Waals surface area contributed by atoms with Crippen LogP contribution in [0.3, 0.4) is 0 Å². The van der Waals surface area contributed by atoms with Crippen molar-refractivity contribution >= 4 is 5.91 Å². The van der Waals surface area contributed by atoms with Crippen molar-refractivity contribution in [1.82, 2.24) is 14.9 Å². The molecule has 0 N–H and O–H groups in total. The summed E-state index contributed by atoms with van der Waals surface area (Å²) in [6, 6.07) is 1.56. The monoisotopic (exact) mass is 417 g/mol. The number of carbonyl (C=O) groups excluding carboxylic acids is 1. The van der Waals surface area contributed by atoms with Crippen molar-refractivity contribution in [1.29, 1.82) is 0 Å². The van der Waals surface area contributed by atoms with E-state index in [2.05, 4.69) is 9.97 Å². The Morgan fingerprint density at radius 2 is 1.77 bits per heavy atom. The van der Waals surface area contributed by atoms with E-state index in [0.29, 0.717) is 37.1 Å². The SMILES string of the molecule is Cc1nc(C2CC2)ncc1C(=O)N1CCC(C(C)Cc2cc(F)c(F)cc2F)CC1. The maximum Gasteiger partial charge on any atom is 0.257 e. The van der Waals surface area contributed by atoms with E-state index < -0.39 is 17.5 Å². The van der Waals surface area contributed by atoms with Gasteiger partial charge in [-0.1, -0.05) is 6.92 Å². The Bertz CT molecular complexity index is 953. The average Bonchev–Trinajstić information content (AvgIpc) is 3.57. The summed E-state index contributed by atoms with van der Waals surface area (Å²) in [6.07, 6.45) is 5.81. The molecule has 2 fully saturated rings. The third kappa shape index (κ3) is 4.35. The second-order valence-corrected chi connectivity index (χ2v) is 8.67. The van der Waals surface area contributed by atoms with Gasteiger partial charge in [-0.15, -0.1) is 0 Å². The predicted octanol–water partition coefficient (Wildman–Crippen LogP) is 4.81. The third-order valence-corrected chi connectivity index (χ3v) is 6.43. The summed E-state index contributed by atoms with van der Waals surface area (Å²) in [7, 11) is 0. The van der Waals surface area contributed by atoms with E-state index in [9.17, 15) is 18.0 Å². The molecule has 30 heavy (non-hydrogen) atoms. The summed E-state index contributed by atoms with van der Waals surface area (Å²) in [5.41, 5.74) is 1.47. The number of carbonyl (C=O) groups is 1. The molecule has 1 unspecified atom stereocenters. The Morgan fingerprint density at radius 3 is 2.40 bits per heavy atom. The minimum Gasteiger partial charge on any atom is -0.339 e. The van der Waals surface area contributed by atoms with E-state index in [0.717, 1.165) is 43.3 Å². The zero-order valence-corrected chi connectivity index (χ0v) is 17.3. The summed E-state index contributed by atoms with van der Waals surface area (Å²) in [4.78, 5) is 23.6. The van der Waals surface area contributed by atoms with Crippen LogP contribution >= 0.6 is 0 Å². The molecule has 2 aromatic rings. The summed E-state index contributed by atoms with van der Waals surface area (Å²) < 4.78 is 40.6. The van der Waals surface area contributed by atoms with Crippen LogP contribution in [0.25, 0.3) is 0 Å². The van der Waals surface area contributed by atoms with E-state index in [-0.39, 0.29) is 23.3 Å². The van der Waals surface area contributed by atoms with Crippen LogP contribution in [0.2, 0.25) is 0 Å². The molecular weight excluding hydrogens is 391 g/mol. The highest BCUT2D eigenvalue weighted by Crippen LogP contribution is 2.38. The number of nitrogens with zero attached hydrogens (tertiary/aromatic N) is 3. The quantitative estimate of drug-likeness (QED) is 0.656. The van der Waals surface area contributed by atoms with Crippen LogP contribution in [0.4, 0.5) is 13.2 Å². The highest BCUT2D eigenvalue weighted by molar-refractivity contribution is 5.95. The predicted molar refractivity (Wildman–Crippen MR) is 107 cm³/mol. The van der Waals surface area contributed by atoms with Crippen LogP contribution in [0.1, 0.15) is 66.0 Å². The smallest absolute Gasteiger partial charge is 0.257 e. The van der Waals surface area contributed by atoms with Crippen LogP contribution < -0.4 is 0 Å². The van der Waals surface area contributed by atoms with Crippen LogP contribution in [0.15, 0.2) is 18.3 Å². The Morgan fingerprint density at radius 1 is 1.10 bits per heavy atom. The first-order valence-electron chi connectivity index (χ1n) is 10.6. The maximum absolute atomic E-state index is 14.0. The lowest BCUT2D eigenvalue weighted by Crippen LogP contribution is -2.40. The standard InChI is InChI=1S/C23H26F3N3O/c1-13(9-17-10-20(25)21(26)11-19(17)24)15-5-7-29(8-6-15)23(30)18-12-27-22(16-3-4-16)28-14(18)2/h10-13,15-16H,3-9H2,1-2H3. The Kier molecular flexibility index (Phi) is 5.80. The molecule has 2 heterocycles. The summed E-state index contributed by atoms with van der Waals surface area (Å²) >= 11 is 0. The van der Waals surface area contributed by atoms with Crippen LogP contribution in [0, 0.1) is 36.2 Å². The molecule has 1 aliphatic carbocycles. The number of benzene rings is 1. The highest BCUT2D eigenvalue weighted by atomic mass is 19.2. The fourth-order valence-electron chi connectivity index (χ4n) is 4.31. The number of aryl methyl sites for hydroxylation is 1. The Labute approximate surface area is 174 Å². The van der Waals surface area contributed by atoms with Gasteiger partial charge in [0, 0.05) is 31.3 Å². The van der Waals surface area contributed by atoms with Crippen molar-refractivity contribution < 1.29 is 18.0 Å². The van der Waals surface area contributed by atoms with Crippen LogP contribution in [0.5, 0.6) is 0 Å². The molecule has 0 bridgehead atoms. The zero-order chi connectivity index (χ0) is 21.4. The van der Waals surface area contributed by atoms with E-state index in [1.165, 1.54) is 0 Å². The van der Waals surface area contributed by atoms with Gasteiger partial charge >= 0.3 is 0 Å². The number of likely N-dealkylation sites (tertiary alicyclic amines) is 1. The fraction of sp³-hybridized carbons (Fsp3) is 0.522. The second kappa shape index (κ2) is 8.36. The largest absolute Gasteiger partial charge is 0.339 e. The molecule has 1 amide bonds. The van der Waals surface area contributed by atoms with Gasteiger partial charge in [0.1, 0.15) is 11.6 Å². The first kappa shape index (κ1) is 20.8. The van der Waals surface area contributed by atoms with E-state index in [1.54, 1.807) is 6.20 Å². The van der Waals surface area contributed by atoms with Crippen molar-refractivity contribution in [2.75, 3.05) is 13.1 Å². The van der Waals surface area contributed by atoms with E-state index >= 15 is 0 Å². The number of rotatable bonds is 5. The molecule has 1 aromatic heterocycles. The van der Waals surface area contributed by atoms with Gasteiger partial charge in [-0.05, 0) is 62.5 Å². The summed E-state index contributed by atoms with van der Waals surface area (Å²) in [5, 5.41) is 0. The number of amides is 1. The van der Waals surface area contributed by atoms with Gasteiger partial charge in [-0.2, -0.15) is 0 Å². The highest BCUT2D eigenvalue weighted by Gasteiger charge is 2.30. The molecule has 160 valence electrons. The van der Waals surface area contributed by atoms with Gasteiger partial charge in [0.15, 0.2) is 11.6 Å². The Hall–Kier alpha value is -2.44. The molecule has 1 aliphatic heterocycles. The third-order valence-electron chi connectivity index (χ3n) is 6.43. The minimum atomic E-state index is -1.17. The molecule has 1 saturated carbocycles. The number of piperidine rings is 1.